The molecule has 0 aromatic heterocycles. The van der Waals surface area contributed by atoms with Gasteiger partial charge >= 0.3 is 5.97 Å². The number of hydrogen-bond acceptors (Lipinski definition) is 3. The van der Waals surface area contributed by atoms with Gasteiger partial charge < -0.3 is 5.11 Å². The lowest BCUT2D eigenvalue weighted by Crippen LogP contribution is -2.30. The van der Waals surface area contributed by atoms with Crippen LogP contribution in [0.2, 0.25) is 5.02 Å². The molecule has 6 heteroatoms. The number of hydrogen-bond donors (Lipinski definition) is 1. The van der Waals surface area contributed by atoms with Crippen LogP contribution in [0.4, 0.5) is 0 Å². The molecule has 0 heterocycles. The van der Waals surface area contributed by atoms with Crippen LogP contribution in [0.15, 0.2) is 53.4 Å². The highest BCUT2D eigenvalue weighted by Crippen LogP contribution is 2.22. The Morgan fingerprint density at radius 1 is 0.963 bits per heavy atom. The SMILES string of the molecule is Cc1ccc(S(=O)(=O)C(CCCCCCc2ccc(Cl)cc2)C(=O)O)cc1. The van der Waals surface area contributed by atoms with E-state index >= 15 is 0 Å². The lowest BCUT2D eigenvalue weighted by atomic mass is 10.0. The molecule has 27 heavy (non-hydrogen) atoms. The van der Waals surface area contributed by atoms with Gasteiger partial charge in [-0.3, -0.25) is 4.79 Å². The van der Waals surface area contributed by atoms with Gasteiger partial charge in [-0.25, -0.2) is 8.42 Å². The van der Waals surface area contributed by atoms with Gasteiger partial charge in [-0.1, -0.05) is 60.7 Å². The molecule has 0 aliphatic rings. The third-order valence-corrected chi connectivity index (χ3v) is 6.96. The van der Waals surface area contributed by atoms with Crippen molar-refractivity contribution in [2.45, 2.75) is 55.6 Å². The van der Waals surface area contributed by atoms with Gasteiger partial charge in [-0.05, 0) is 56.0 Å². The Labute approximate surface area is 166 Å². The maximum atomic E-state index is 12.6. The number of rotatable bonds is 10. The van der Waals surface area contributed by atoms with Crippen molar-refractivity contribution in [2.24, 2.45) is 0 Å². The molecule has 2 rings (SSSR count). The van der Waals surface area contributed by atoms with E-state index in [1.165, 1.54) is 17.7 Å². The molecule has 1 unspecified atom stereocenters. The third kappa shape index (κ3) is 6.36. The molecule has 1 N–H and O–H groups in total. The van der Waals surface area contributed by atoms with Crippen LogP contribution in [0.5, 0.6) is 0 Å². The smallest absolute Gasteiger partial charge is 0.322 e. The average molecular weight is 409 g/mol. The van der Waals surface area contributed by atoms with Crippen molar-refractivity contribution >= 4 is 27.4 Å². The molecule has 0 saturated heterocycles. The Hall–Kier alpha value is -1.85. The number of halogens is 1. The van der Waals surface area contributed by atoms with E-state index in [9.17, 15) is 18.3 Å². The summed E-state index contributed by atoms with van der Waals surface area (Å²) in [6.07, 6.45) is 4.35. The molecule has 0 radical (unpaired) electrons. The maximum Gasteiger partial charge on any atom is 0.322 e. The summed E-state index contributed by atoms with van der Waals surface area (Å²) >= 11 is 5.86. The Kier molecular flexibility index (Phi) is 7.87. The number of aliphatic carboxylic acids is 1. The van der Waals surface area contributed by atoms with Crippen LogP contribution in [-0.2, 0) is 21.1 Å². The van der Waals surface area contributed by atoms with E-state index in [2.05, 4.69) is 0 Å². The van der Waals surface area contributed by atoms with E-state index in [1.807, 2.05) is 31.2 Å². The fourth-order valence-electron chi connectivity index (χ4n) is 2.97. The van der Waals surface area contributed by atoms with Crippen LogP contribution in [-0.4, -0.2) is 24.7 Å². The molecule has 4 nitrogen and oxygen atoms in total. The Bertz CT molecular complexity index is 843. The Morgan fingerprint density at radius 3 is 2.15 bits per heavy atom. The first-order chi connectivity index (χ1) is 12.8. The molecule has 1 atom stereocenters. The zero-order chi connectivity index (χ0) is 19.9. The first-order valence-corrected chi connectivity index (χ1v) is 11.0. The predicted molar refractivity (Wildman–Crippen MR) is 108 cm³/mol. The normalized spacial score (nSPS) is 12.7. The summed E-state index contributed by atoms with van der Waals surface area (Å²) in [5.41, 5.74) is 2.14. The van der Waals surface area contributed by atoms with Gasteiger partial charge in [0.2, 0.25) is 0 Å². The lowest BCUT2D eigenvalue weighted by molar-refractivity contribution is -0.136. The molecule has 146 valence electrons. The predicted octanol–water partition coefficient (Wildman–Crippen LogP) is 5.07. The van der Waals surface area contributed by atoms with E-state index < -0.39 is 21.1 Å². The minimum absolute atomic E-state index is 0.0724. The number of benzene rings is 2. The summed E-state index contributed by atoms with van der Waals surface area (Å²) in [5, 5.41) is 8.73. The highest BCUT2D eigenvalue weighted by molar-refractivity contribution is 7.92. The monoisotopic (exact) mass is 408 g/mol. The molecule has 0 aliphatic carbocycles. The Morgan fingerprint density at radius 2 is 1.56 bits per heavy atom. The summed E-state index contributed by atoms with van der Waals surface area (Å²) in [6.45, 7) is 1.86. The van der Waals surface area contributed by atoms with E-state index in [0.29, 0.717) is 11.4 Å². The zero-order valence-electron chi connectivity index (χ0n) is 15.4. The second-order valence-electron chi connectivity index (χ2n) is 6.76. The third-order valence-electron chi connectivity index (χ3n) is 4.59. The van der Waals surface area contributed by atoms with Crippen molar-refractivity contribution < 1.29 is 18.3 Å². The van der Waals surface area contributed by atoms with Crippen molar-refractivity contribution in [1.29, 1.82) is 0 Å². The largest absolute Gasteiger partial charge is 0.480 e. The number of aryl methyl sites for hydroxylation is 2. The molecule has 0 aliphatic heterocycles. The summed E-state index contributed by atoms with van der Waals surface area (Å²) in [6, 6.07) is 14.0. The number of carboxylic acid groups (broad SMARTS) is 1. The molecule has 2 aromatic carbocycles. The van der Waals surface area contributed by atoms with Gasteiger partial charge in [-0.15, -0.1) is 0 Å². The second kappa shape index (κ2) is 9.90. The highest BCUT2D eigenvalue weighted by atomic mass is 35.5. The van der Waals surface area contributed by atoms with Crippen LogP contribution >= 0.6 is 11.6 Å². The number of unbranched alkanes of at least 4 members (excludes halogenated alkanes) is 3. The van der Waals surface area contributed by atoms with Gasteiger partial charge in [0, 0.05) is 5.02 Å². The fraction of sp³-hybridized carbons (Fsp3) is 0.381. The first kappa shape index (κ1) is 21.5. The quantitative estimate of drug-likeness (QED) is 0.557. The molecule has 0 fully saturated rings. The molecule has 0 spiro atoms. The van der Waals surface area contributed by atoms with E-state index in [1.54, 1.807) is 12.1 Å². The van der Waals surface area contributed by atoms with Gasteiger partial charge in [-0.2, -0.15) is 0 Å². The van der Waals surface area contributed by atoms with Crippen molar-refractivity contribution in [2.75, 3.05) is 0 Å². The number of carbonyl (C=O) groups is 1. The van der Waals surface area contributed by atoms with E-state index in [-0.39, 0.29) is 11.3 Å². The summed E-state index contributed by atoms with van der Waals surface area (Å²) in [7, 11) is -3.87. The number of sulfone groups is 1. The second-order valence-corrected chi connectivity index (χ2v) is 9.33. The van der Waals surface area contributed by atoms with Crippen molar-refractivity contribution in [3.63, 3.8) is 0 Å². The van der Waals surface area contributed by atoms with Crippen LogP contribution < -0.4 is 0 Å². The van der Waals surface area contributed by atoms with Gasteiger partial charge in [0.25, 0.3) is 0 Å². The summed E-state index contributed by atoms with van der Waals surface area (Å²) in [5.74, 6) is -1.28. The first-order valence-electron chi connectivity index (χ1n) is 9.08. The number of carboxylic acids is 1. The molecule has 0 amide bonds. The van der Waals surface area contributed by atoms with Crippen LogP contribution in [0.25, 0.3) is 0 Å². The fourth-order valence-corrected chi connectivity index (χ4v) is 4.68. The molecule has 0 saturated carbocycles. The Balaban J connectivity index is 1.83. The average Bonchev–Trinajstić information content (AvgIpc) is 2.62. The van der Waals surface area contributed by atoms with E-state index in [0.717, 1.165) is 31.2 Å². The maximum absolute atomic E-state index is 12.6. The van der Waals surface area contributed by atoms with Gasteiger partial charge in [0.05, 0.1) is 4.90 Å². The summed E-state index contributed by atoms with van der Waals surface area (Å²) in [4.78, 5) is 11.6. The highest BCUT2D eigenvalue weighted by Gasteiger charge is 2.33. The molecule has 0 bridgehead atoms. The van der Waals surface area contributed by atoms with Crippen LogP contribution in [0, 0.1) is 6.92 Å². The van der Waals surface area contributed by atoms with Crippen LogP contribution in [0.3, 0.4) is 0 Å². The molecular weight excluding hydrogens is 384 g/mol. The van der Waals surface area contributed by atoms with Gasteiger partial charge in [0.1, 0.15) is 0 Å². The van der Waals surface area contributed by atoms with Crippen molar-refractivity contribution in [1.82, 2.24) is 0 Å². The minimum Gasteiger partial charge on any atom is -0.480 e. The van der Waals surface area contributed by atoms with Crippen molar-refractivity contribution in [3.8, 4) is 0 Å². The van der Waals surface area contributed by atoms with E-state index in [4.69, 9.17) is 11.6 Å². The van der Waals surface area contributed by atoms with Gasteiger partial charge in [0.15, 0.2) is 15.1 Å². The van der Waals surface area contributed by atoms with Crippen molar-refractivity contribution in [3.05, 3.63) is 64.7 Å². The standard InChI is InChI=1S/C21H25ClO4S/c1-16-8-14-19(15-9-16)27(25,26)20(21(23)24)7-5-3-2-4-6-17-10-12-18(22)13-11-17/h8-15,20H,2-7H2,1H3,(H,23,24). The molecular formula is C21H25ClO4S. The minimum atomic E-state index is -3.87. The topological polar surface area (TPSA) is 71.4 Å². The summed E-state index contributed by atoms with van der Waals surface area (Å²) < 4.78 is 25.3. The van der Waals surface area contributed by atoms with Crippen LogP contribution in [0.1, 0.15) is 43.2 Å². The zero-order valence-corrected chi connectivity index (χ0v) is 17.0. The lowest BCUT2D eigenvalue weighted by Gasteiger charge is -2.14. The molecule has 2 aromatic rings.